The monoisotopic (exact) mass is 251 g/mol. The molecular formula is C12H21N5O. The molecule has 0 unspecified atom stereocenters. The molecule has 1 fully saturated rings. The van der Waals surface area contributed by atoms with Crippen molar-refractivity contribution < 1.29 is 4.79 Å². The summed E-state index contributed by atoms with van der Waals surface area (Å²) < 4.78 is 1.74. The van der Waals surface area contributed by atoms with Crippen molar-refractivity contribution in [3.8, 4) is 0 Å². The first-order chi connectivity index (χ1) is 8.74. The van der Waals surface area contributed by atoms with Crippen LogP contribution < -0.4 is 10.6 Å². The van der Waals surface area contributed by atoms with Crippen molar-refractivity contribution in [3.05, 3.63) is 18.0 Å². The molecule has 100 valence electrons. The molecule has 1 saturated heterocycles. The first-order valence-corrected chi connectivity index (χ1v) is 6.41. The zero-order valence-electron chi connectivity index (χ0n) is 10.9. The van der Waals surface area contributed by atoms with Gasteiger partial charge in [0.2, 0.25) is 5.91 Å². The van der Waals surface area contributed by atoms with Crippen LogP contribution in [-0.2, 0) is 18.4 Å². The molecule has 18 heavy (non-hydrogen) atoms. The second-order valence-corrected chi connectivity index (χ2v) is 4.68. The predicted octanol–water partition coefficient (Wildman–Crippen LogP) is -0.668. The topological polar surface area (TPSA) is 62.2 Å². The highest BCUT2D eigenvalue weighted by Crippen LogP contribution is 1.97. The number of hydrogen-bond donors (Lipinski definition) is 2. The first kappa shape index (κ1) is 13.0. The van der Waals surface area contributed by atoms with E-state index < -0.39 is 0 Å². The van der Waals surface area contributed by atoms with E-state index in [9.17, 15) is 4.79 Å². The van der Waals surface area contributed by atoms with E-state index in [0.717, 1.165) is 38.2 Å². The van der Waals surface area contributed by atoms with Gasteiger partial charge >= 0.3 is 0 Å². The molecule has 0 saturated carbocycles. The summed E-state index contributed by atoms with van der Waals surface area (Å²) in [6.45, 7) is 5.00. The van der Waals surface area contributed by atoms with E-state index in [1.807, 2.05) is 13.2 Å². The third-order valence-corrected chi connectivity index (χ3v) is 3.05. The van der Waals surface area contributed by atoms with E-state index in [2.05, 4.69) is 20.6 Å². The average Bonchev–Trinajstić information content (AvgIpc) is 2.60. The molecule has 6 nitrogen and oxygen atoms in total. The fourth-order valence-electron chi connectivity index (χ4n) is 2.08. The molecule has 2 rings (SSSR count). The van der Waals surface area contributed by atoms with Crippen LogP contribution in [0.4, 0.5) is 0 Å². The van der Waals surface area contributed by atoms with Crippen molar-refractivity contribution in [2.45, 2.75) is 13.0 Å². The lowest BCUT2D eigenvalue weighted by Crippen LogP contribution is -2.38. The van der Waals surface area contributed by atoms with E-state index in [-0.39, 0.29) is 5.91 Å². The molecule has 0 atom stereocenters. The maximum atomic E-state index is 11.8. The molecule has 2 N–H and O–H groups in total. The van der Waals surface area contributed by atoms with Crippen LogP contribution in [-0.4, -0.2) is 53.3 Å². The molecule has 1 aliphatic heterocycles. The lowest BCUT2D eigenvalue weighted by Gasteiger charge is -2.18. The van der Waals surface area contributed by atoms with Gasteiger partial charge in [0.15, 0.2) is 0 Å². The molecule has 1 amide bonds. The maximum Gasteiger partial charge on any atom is 0.234 e. The van der Waals surface area contributed by atoms with Gasteiger partial charge in [-0.1, -0.05) is 0 Å². The number of rotatable bonds is 4. The summed E-state index contributed by atoms with van der Waals surface area (Å²) in [6, 6.07) is 0. The zero-order chi connectivity index (χ0) is 12.8. The van der Waals surface area contributed by atoms with E-state index >= 15 is 0 Å². The minimum absolute atomic E-state index is 0.0840. The van der Waals surface area contributed by atoms with Crippen LogP contribution in [0.5, 0.6) is 0 Å². The van der Waals surface area contributed by atoms with E-state index in [1.165, 1.54) is 0 Å². The van der Waals surface area contributed by atoms with Crippen LogP contribution in [0.3, 0.4) is 0 Å². The fourth-order valence-corrected chi connectivity index (χ4v) is 2.08. The van der Waals surface area contributed by atoms with Crippen LogP contribution in [0.15, 0.2) is 12.4 Å². The van der Waals surface area contributed by atoms with Crippen LogP contribution in [0.1, 0.15) is 12.0 Å². The van der Waals surface area contributed by atoms with E-state index in [4.69, 9.17) is 0 Å². The lowest BCUT2D eigenvalue weighted by molar-refractivity contribution is -0.122. The molecule has 0 radical (unpaired) electrons. The maximum absolute atomic E-state index is 11.8. The van der Waals surface area contributed by atoms with Crippen LogP contribution >= 0.6 is 0 Å². The minimum atomic E-state index is 0.0840. The van der Waals surface area contributed by atoms with Gasteiger partial charge in [-0.15, -0.1) is 0 Å². The Morgan fingerprint density at radius 1 is 1.50 bits per heavy atom. The highest BCUT2D eigenvalue weighted by atomic mass is 16.2. The quantitative estimate of drug-likeness (QED) is 0.745. The normalized spacial score (nSPS) is 17.4. The number of amides is 1. The van der Waals surface area contributed by atoms with Crippen molar-refractivity contribution in [2.24, 2.45) is 7.05 Å². The predicted molar refractivity (Wildman–Crippen MR) is 69.0 cm³/mol. The number of aromatic nitrogens is 2. The van der Waals surface area contributed by atoms with Gasteiger partial charge in [0.1, 0.15) is 0 Å². The molecule has 0 spiro atoms. The second-order valence-electron chi connectivity index (χ2n) is 4.68. The van der Waals surface area contributed by atoms with E-state index in [0.29, 0.717) is 13.1 Å². The summed E-state index contributed by atoms with van der Waals surface area (Å²) in [4.78, 5) is 14.0. The molecule has 0 aliphatic carbocycles. The molecular weight excluding hydrogens is 230 g/mol. The summed E-state index contributed by atoms with van der Waals surface area (Å²) in [6.07, 6.45) is 4.79. The van der Waals surface area contributed by atoms with Gasteiger partial charge in [-0.2, -0.15) is 5.10 Å². The van der Waals surface area contributed by atoms with Gasteiger partial charge in [-0.3, -0.25) is 14.4 Å². The largest absolute Gasteiger partial charge is 0.351 e. The van der Waals surface area contributed by atoms with Gasteiger partial charge in [-0.05, 0) is 19.5 Å². The number of aryl methyl sites for hydroxylation is 1. The van der Waals surface area contributed by atoms with Gasteiger partial charge in [0, 0.05) is 38.4 Å². The van der Waals surface area contributed by atoms with Crippen molar-refractivity contribution in [2.75, 3.05) is 32.7 Å². The molecule has 1 aromatic heterocycles. The molecule has 0 aromatic carbocycles. The standard InChI is InChI=1S/C12H21N5O/c1-16-9-11(8-15-16)7-14-12(18)10-17-5-2-3-13-4-6-17/h8-9,13H,2-7,10H2,1H3,(H,14,18). The van der Waals surface area contributed by atoms with Gasteiger partial charge in [0.05, 0.1) is 12.7 Å². The Hall–Kier alpha value is -1.40. The summed E-state index contributed by atoms with van der Waals surface area (Å²) in [5, 5.41) is 10.3. The Balaban J connectivity index is 1.71. The average molecular weight is 251 g/mol. The zero-order valence-corrected chi connectivity index (χ0v) is 10.9. The Morgan fingerprint density at radius 3 is 3.17 bits per heavy atom. The highest BCUT2D eigenvalue weighted by Gasteiger charge is 2.12. The van der Waals surface area contributed by atoms with E-state index in [1.54, 1.807) is 10.9 Å². The summed E-state index contributed by atoms with van der Waals surface area (Å²) in [5.74, 6) is 0.0840. The summed E-state index contributed by atoms with van der Waals surface area (Å²) >= 11 is 0. The summed E-state index contributed by atoms with van der Waals surface area (Å²) in [5.41, 5.74) is 1.03. The number of carbonyl (C=O) groups is 1. The SMILES string of the molecule is Cn1cc(CNC(=O)CN2CCCNCC2)cn1. The van der Waals surface area contributed by atoms with Crippen molar-refractivity contribution in [1.82, 2.24) is 25.3 Å². The van der Waals surface area contributed by atoms with Crippen LogP contribution in [0.25, 0.3) is 0 Å². The first-order valence-electron chi connectivity index (χ1n) is 6.41. The smallest absolute Gasteiger partial charge is 0.234 e. The summed E-state index contributed by atoms with van der Waals surface area (Å²) in [7, 11) is 1.87. The Bertz CT molecular complexity index is 382. The van der Waals surface area contributed by atoms with Gasteiger partial charge in [0.25, 0.3) is 0 Å². The highest BCUT2D eigenvalue weighted by molar-refractivity contribution is 5.77. The fraction of sp³-hybridized carbons (Fsp3) is 0.667. The second kappa shape index (κ2) is 6.51. The van der Waals surface area contributed by atoms with Crippen LogP contribution in [0, 0.1) is 0 Å². The molecule has 2 heterocycles. The molecule has 1 aliphatic rings. The van der Waals surface area contributed by atoms with Gasteiger partial charge in [-0.25, -0.2) is 0 Å². The Labute approximate surface area is 107 Å². The van der Waals surface area contributed by atoms with Crippen molar-refractivity contribution in [1.29, 1.82) is 0 Å². The Morgan fingerprint density at radius 2 is 2.39 bits per heavy atom. The third-order valence-electron chi connectivity index (χ3n) is 3.05. The number of carbonyl (C=O) groups excluding carboxylic acids is 1. The Kier molecular flexibility index (Phi) is 4.72. The van der Waals surface area contributed by atoms with Crippen molar-refractivity contribution in [3.63, 3.8) is 0 Å². The third kappa shape index (κ3) is 4.12. The number of nitrogens with zero attached hydrogens (tertiary/aromatic N) is 3. The lowest BCUT2D eigenvalue weighted by atomic mass is 10.3. The van der Waals surface area contributed by atoms with Gasteiger partial charge < -0.3 is 10.6 Å². The minimum Gasteiger partial charge on any atom is -0.351 e. The molecule has 0 bridgehead atoms. The number of hydrogen-bond acceptors (Lipinski definition) is 4. The van der Waals surface area contributed by atoms with Crippen molar-refractivity contribution >= 4 is 5.91 Å². The molecule has 1 aromatic rings. The van der Waals surface area contributed by atoms with Crippen LogP contribution in [0.2, 0.25) is 0 Å². The molecule has 6 heteroatoms. The number of nitrogens with one attached hydrogen (secondary N) is 2.